The van der Waals surface area contributed by atoms with Crippen molar-refractivity contribution in [2.75, 3.05) is 13.2 Å². The summed E-state index contributed by atoms with van der Waals surface area (Å²) in [5.41, 5.74) is 1.18. The van der Waals surface area contributed by atoms with E-state index in [9.17, 15) is 4.79 Å². The van der Waals surface area contributed by atoms with Crippen LogP contribution in [0.15, 0.2) is 24.3 Å². The van der Waals surface area contributed by atoms with E-state index < -0.39 is 12.1 Å². The van der Waals surface area contributed by atoms with Crippen molar-refractivity contribution in [3.05, 3.63) is 35.4 Å². The lowest BCUT2D eigenvalue weighted by Gasteiger charge is -2.08. The molecular weight excluding hydrogens is 210 g/mol. The topological polar surface area (TPSA) is 89.8 Å². The van der Waals surface area contributed by atoms with Crippen LogP contribution in [0, 0.1) is 0 Å². The summed E-state index contributed by atoms with van der Waals surface area (Å²) in [4.78, 5) is 10.6. The number of carboxylic acid groups (broad SMARTS) is 1. The van der Waals surface area contributed by atoms with Crippen LogP contribution in [0.4, 0.5) is 0 Å². The van der Waals surface area contributed by atoms with E-state index in [1.807, 2.05) is 0 Å². The predicted molar refractivity (Wildman–Crippen MR) is 58.2 cm³/mol. The van der Waals surface area contributed by atoms with Crippen molar-refractivity contribution in [1.29, 1.82) is 0 Å². The van der Waals surface area contributed by atoms with E-state index in [2.05, 4.69) is 5.32 Å². The molecule has 5 heteroatoms. The van der Waals surface area contributed by atoms with Gasteiger partial charge in [-0.15, -0.1) is 0 Å². The second-order valence-corrected chi connectivity index (χ2v) is 3.47. The lowest BCUT2D eigenvalue weighted by Crippen LogP contribution is -2.28. The van der Waals surface area contributed by atoms with E-state index in [1.54, 1.807) is 12.1 Å². The zero-order chi connectivity index (χ0) is 12.0. The molecule has 0 saturated carbocycles. The third-order valence-electron chi connectivity index (χ3n) is 2.12. The molecule has 0 fully saturated rings. The van der Waals surface area contributed by atoms with Crippen LogP contribution in [0.5, 0.6) is 0 Å². The number of rotatable bonds is 6. The molecule has 16 heavy (non-hydrogen) atoms. The minimum Gasteiger partial charge on any atom is -0.478 e. The number of carbonyl (C=O) groups is 1. The van der Waals surface area contributed by atoms with Gasteiger partial charge in [0.1, 0.15) is 0 Å². The Balaban J connectivity index is 2.40. The summed E-state index contributed by atoms with van der Waals surface area (Å²) in [6.45, 7) is 0.555. The molecule has 1 unspecified atom stereocenters. The normalized spacial score (nSPS) is 12.4. The molecule has 0 radical (unpaired) electrons. The SMILES string of the molecule is O=C(O)c1ccc(CNCC(O)CO)cc1. The molecule has 0 aliphatic carbocycles. The maximum atomic E-state index is 10.6. The van der Waals surface area contributed by atoms with Crippen LogP contribution in [0.2, 0.25) is 0 Å². The monoisotopic (exact) mass is 225 g/mol. The van der Waals surface area contributed by atoms with E-state index in [-0.39, 0.29) is 12.2 Å². The Labute approximate surface area is 93.4 Å². The molecule has 5 nitrogen and oxygen atoms in total. The van der Waals surface area contributed by atoms with Gasteiger partial charge in [0.15, 0.2) is 0 Å². The van der Waals surface area contributed by atoms with Crippen molar-refractivity contribution in [1.82, 2.24) is 5.32 Å². The molecule has 4 N–H and O–H groups in total. The molecular formula is C11H15NO4. The first kappa shape index (κ1) is 12.6. The van der Waals surface area contributed by atoms with Crippen molar-refractivity contribution in [3.8, 4) is 0 Å². The highest BCUT2D eigenvalue weighted by Crippen LogP contribution is 2.04. The quantitative estimate of drug-likeness (QED) is 0.539. The van der Waals surface area contributed by atoms with Gasteiger partial charge in [0, 0.05) is 13.1 Å². The molecule has 1 aromatic rings. The fraction of sp³-hybridized carbons (Fsp3) is 0.364. The summed E-state index contributed by atoms with van der Waals surface area (Å²) in [5.74, 6) is -0.949. The number of aliphatic hydroxyl groups is 2. The van der Waals surface area contributed by atoms with Crippen LogP contribution in [0.1, 0.15) is 15.9 Å². The lowest BCUT2D eigenvalue weighted by molar-refractivity contribution is 0.0697. The Hall–Kier alpha value is -1.43. The van der Waals surface area contributed by atoms with Crippen LogP contribution >= 0.6 is 0 Å². The number of hydrogen-bond donors (Lipinski definition) is 4. The third-order valence-corrected chi connectivity index (χ3v) is 2.12. The molecule has 1 atom stereocenters. The van der Waals surface area contributed by atoms with E-state index >= 15 is 0 Å². The van der Waals surface area contributed by atoms with Gasteiger partial charge in [-0.05, 0) is 17.7 Å². The fourth-order valence-electron chi connectivity index (χ4n) is 1.21. The second-order valence-electron chi connectivity index (χ2n) is 3.47. The zero-order valence-corrected chi connectivity index (χ0v) is 8.76. The average Bonchev–Trinajstić information content (AvgIpc) is 2.29. The van der Waals surface area contributed by atoms with Gasteiger partial charge in [0.05, 0.1) is 18.3 Å². The number of aromatic carboxylic acids is 1. The zero-order valence-electron chi connectivity index (χ0n) is 8.76. The van der Waals surface area contributed by atoms with E-state index in [1.165, 1.54) is 12.1 Å². The van der Waals surface area contributed by atoms with Gasteiger partial charge in [-0.2, -0.15) is 0 Å². The number of carboxylic acids is 1. The molecule has 0 amide bonds. The molecule has 0 aliphatic rings. The van der Waals surface area contributed by atoms with Gasteiger partial charge in [-0.3, -0.25) is 0 Å². The summed E-state index contributed by atoms with van der Waals surface area (Å²) in [6.07, 6.45) is -0.765. The van der Waals surface area contributed by atoms with Gasteiger partial charge in [0.2, 0.25) is 0 Å². The average molecular weight is 225 g/mol. The summed E-state index contributed by atoms with van der Waals surface area (Å²) < 4.78 is 0. The third kappa shape index (κ3) is 3.98. The highest BCUT2D eigenvalue weighted by molar-refractivity contribution is 5.87. The Morgan fingerprint density at radius 2 is 1.94 bits per heavy atom. The summed E-state index contributed by atoms with van der Waals surface area (Å²) in [7, 11) is 0. The van der Waals surface area contributed by atoms with Crippen LogP contribution in [0.3, 0.4) is 0 Å². The van der Waals surface area contributed by atoms with Crippen molar-refractivity contribution < 1.29 is 20.1 Å². The van der Waals surface area contributed by atoms with Gasteiger partial charge >= 0.3 is 5.97 Å². The minimum atomic E-state index is -0.949. The summed E-state index contributed by atoms with van der Waals surface area (Å²) in [5, 5.41) is 29.3. The molecule has 88 valence electrons. The first-order valence-corrected chi connectivity index (χ1v) is 4.95. The highest BCUT2D eigenvalue weighted by Gasteiger charge is 2.03. The number of benzene rings is 1. The number of aliphatic hydroxyl groups excluding tert-OH is 2. The Morgan fingerprint density at radius 3 is 2.44 bits per heavy atom. The minimum absolute atomic E-state index is 0.249. The maximum absolute atomic E-state index is 10.6. The van der Waals surface area contributed by atoms with Gasteiger partial charge in [-0.25, -0.2) is 4.79 Å². The molecule has 1 rings (SSSR count). The number of hydrogen-bond acceptors (Lipinski definition) is 4. The molecule has 0 bridgehead atoms. The fourth-order valence-corrected chi connectivity index (χ4v) is 1.21. The van der Waals surface area contributed by atoms with E-state index in [0.717, 1.165) is 5.56 Å². The van der Waals surface area contributed by atoms with Crippen LogP contribution in [0.25, 0.3) is 0 Å². The Bertz CT molecular complexity index is 336. The van der Waals surface area contributed by atoms with Crippen LogP contribution in [-0.4, -0.2) is 40.5 Å². The molecule has 0 heterocycles. The van der Waals surface area contributed by atoms with Gasteiger partial charge < -0.3 is 20.6 Å². The molecule has 0 spiro atoms. The first-order chi connectivity index (χ1) is 7.63. The van der Waals surface area contributed by atoms with Crippen molar-refractivity contribution in [3.63, 3.8) is 0 Å². The highest BCUT2D eigenvalue weighted by atomic mass is 16.4. The van der Waals surface area contributed by atoms with E-state index in [4.69, 9.17) is 15.3 Å². The van der Waals surface area contributed by atoms with Crippen LogP contribution < -0.4 is 5.32 Å². The van der Waals surface area contributed by atoms with Gasteiger partial charge in [0.25, 0.3) is 0 Å². The largest absolute Gasteiger partial charge is 0.478 e. The summed E-state index contributed by atoms with van der Waals surface area (Å²) >= 11 is 0. The predicted octanol–water partition coefficient (Wildman–Crippen LogP) is -0.172. The van der Waals surface area contributed by atoms with Gasteiger partial charge in [-0.1, -0.05) is 12.1 Å². The molecule has 0 saturated heterocycles. The standard InChI is InChI=1S/C11H15NO4/c13-7-10(14)6-12-5-8-1-3-9(4-2-8)11(15)16/h1-4,10,12-14H,5-7H2,(H,15,16). The molecule has 0 aromatic heterocycles. The summed E-state index contributed by atoms with van der Waals surface area (Å²) in [6, 6.07) is 6.48. The van der Waals surface area contributed by atoms with Crippen molar-refractivity contribution in [2.24, 2.45) is 0 Å². The first-order valence-electron chi connectivity index (χ1n) is 4.95. The molecule has 0 aliphatic heterocycles. The second kappa shape index (κ2) is 6.22. The Morgan fingerprint density at radius 1 is 1.31 bits per heavy atom. The van der Waals surface area contributed by atoms with Crippen molar-refractivity contribution >= 4 is 5.97 Å². The van der Waals surface area contributed by atoms with E-state index in [0.29, 0.717) is 13.1 Å². The molecule has 1 aromatic carbocycles. The maximum Gasteiger partial charge on any atom is 0.335 e. The number of nitrogens with one attached hydrogen (secondary N) is 1. The Kier molecular flexibility index (Phi) is 4.91. The smallest absolute Gasteiger partial charge is 0.335 e. The lowest BCUT2D eigenvalue weighted by atomic mass is 10.1. The van der Waals surface area contributed by atoms with Crippen molar-refractivity contribution in [2.45, 2.75) is 12.6 Å². The van der Waals surface area contributed by atoms with Crippen LogP contribution in [-0.2, 0) is 6.54 Å².